The number of aromatic nitrogens is 2. The molecule has 0 aliphatic heterocycles. The predicted octanol–water partition coefficient (Wildman–Crippen LogP) is 3.55. The Bertz CT molecular complexity index is 452. The number of aryl methyl sites for hydroxylation is 2. The number of hydrogen-bond donors (Lipinski definition) is 0. The minimum absolute atomic E-state index is 0.267. The summed E-state index contributed by atoms with van der Waals surface area (Å²) < 4.78 is 9.38. The first kappa shape index (κ1) is 18.5. The number of carbonyl (C=O) groups excluding carboxylic acids is 1. The van der Waals surface area contributed by atoms with Gasteiger partial charge in [-0.3, -0.25) is 0 Å². The van der Waals surface area contributed by atoms with Gasteiger partial charge in [-0.2, -0.15) is 0 Å². The molecule has 1 heterocycles. The highest BCUT2D eigenvalue weighted by molar-refractivity contribution is 5.86. The standard InChI is InChI=1S/C18H31N2O2/c1-17(2)18(21)22-15-11-9-7-5-4-6-8-10-12-20-14-13-19(3)16-20/h13-14,16H,1,4-12,15H2,2-3H3/q+1. The van der Waals surface area contributed by atoms with Crippen molar-refractivity contribution in [1.82, 2.24) is 4.57 Å². The fourth-order valence-corrected chi connectivity index (χ4v) is 2.38. The number of hydrogen-bond acceptors (Lipinski definition) is 2. The zero-order chi connectivity index (χ0) is 16.2. The van der Waals surface area contributed by atoms with Crippen LogP contribution in [0.25, 0.3) is 0 Å². The van der Waals surface area contributed by atoms with E-state index in [1.165, 1.54) is 38.5 Å². The van der Waals surface area contributed by atoms with Crippen molar-refractivity contribution in [1.29, 1.82) is 0 Å². The SMILES string of the molecule is C=C(C)C(=O)OCCCCCCCCCCn1cc[n+](C)c1. The average Bonchev–Trinajstić information content (AvgIpc) is 2.89. The molecule has 1 aromatic rings. The lowest BCUT2D eigenvalue weighted by Gasteiger charge is -2.04. The van der Waals surface area contributed by atoms with Gasteiger partial charge in [0.15, 0.2) is 0 Å². The summed E-state index contributed by atoms with van der Waals surface area (Å²) in [5, 5.41) is 0. The zero-order valence-corrected chi connectivity index (χ0v) is 14.2. The highest BCUT2D eigenvalue weighted by Gasteiger charge is 2.02. The Labute approximate surface area is 134 Å². The van der Waals surface area contributed by atoms with Crippen LogP contribution in [0.2, 0.25) is 0 Å². The molecule has 0 aromatic carbocycles. The summed E-state index contributed by atoms with van der Waals surface area (Å²) in [4.78, 5) is 11.2. The molecule has 0 radical (unpaired) electrons. The van der Waals surface area contributed by atoms with Gasteiger partial charge in [-0.05, 0) is 26.2 Å². The van der Waals surface area contributed by atoms with Gasteiger partial charge in [0.1, 0.15) is 12.4 Å². The van der Waals surface area contributed by atoms with Crippen LogP contribution in [0.1, 0.15) is 58.3 Å². The average molecular weight is 307 g/mol. The van der Waals surface area contributed by atoms with E-state index in [2.05, 4.69) is 41.5 Å². The van der Waals surface area contributed by atoms with Gasteiger partial charge in [0.2, 0.25) is 6.33 Å². The molecule has 0 saturated heterocycles. The van der Waals surface area contributed by atoms with E-state index in [1.807, 2.05) is 0 Å². The molecule has 0 atom stereocenters. The fraction of sp³-hybridized carbons (Fsp3) is 0.667. The summed E-state index contributed by atoms with van der Waals surface area (Å²) in [5.74, 6) is -0.267. The number of ether oxygens (including phenoxy) is 1. The van der Waals surface area contributed by atoms with Crippen molar-refractivity contribution < 1.29 is 14.1 Å². The van der Waals surface area contributed by atoms with Gasteiger partial charge in [-0.15, -0.1) is 0 Å². The van der Waals surface area contributed by atoms with Crippen LogP contribution < -0.4 is 4.57 Å². The highest BCUT2D eigenvalue weighted by Crippen LogP contribution is 2.09. The second-order valence-corrected chi connectivity index (χ2v) is 6.06. The molecule has 4 nitrogen and oxygen atoms in total. The maximum atomic E-state index is 11.2. The molecule has 0 unspecified atom stereocenters. The lowest BCUT2D eigenvalue weighted by Crippen LogP contribution is -2.23. The zero-order valence-electron chi connectivity index (χ0n) is 14.2. The summed E-state index contributed by atoms with van der Waals surface area (Å²) in [6.07, 6.45) is 16.1. The topological polar surface area (TPSA) is 35.1 Å². The van der Waals surface area contributed by atoms with Gasteiger partial charge in [-0.1, -0.05) is 38.7 Å². The normalized spacial score (nSPS) is 10.6. The number of unbranched alkanes of at least 4 members (excludes halogenated alkanes) is 7. The molecule has 124 valence electrons. The second kappa shape index (κ2) is 11.0. The van der Waals surface area contributed by atoms with Crippen LogP contribution in [0.4, 0.5) is 0 Å². The number of esters is 1. The van der Waals surface area contributed by atoms with Crippen LogP contribution in [0.3, 0.4) is 0 Å². The monoisotopic (exact) mass is 307 g/mol. The first-order valence-corrected chi connectivity index (χ1v) is 8.43. The maximum Gasteiger partial charge on any atom is 0.333 e. The predicted molar refractivity (Wildman–Crippen MR) is 88.3 cm³/mol. The van der Waals surface area contributed by atoms with E-state index >= 15 is 0 Å². The minimum Gasteiger partial charge on any atom is -0.462 e. The van der Waals surface area contributed by atoms with Crippen molar-refractivity contribution >= 4 is 5.97 Å². The molecule has 0 aliphatic rings. The van der Waals surface area contributed by atoms with Crippen LogP contribution in [0, 0.1) is 0 Å². The maximum absolute atomic E-state index is 11.2. The first-order chi connectivity index (χ1) is 10.6. The third-order valence-corrected chi connectivity index (χ3v) is 3.72. The molecule has 0 fully saturated rings. The Morgan fingerprint density at radius 2 is 1.68 bits per heavy atom. The summed E-state index contributed by atoms with van der Waals surface area (Å²) in [6, 6.07) is 0. The van der Waals surface area contributed by atoms with Crippen molar-refractivity contribution in [3.8, 4) is 0 Å². The van der Waals surface area contributed by atoms with E-state index in [0.717, 1.165) is 19.4 Å². The van der Waals surface area contributed by atoms with Crippen molar-refractivity contribution in [3.05, 3.63) is 30.9 Å². The summed E-state index contributed by atoms with van der Waals surface area (Å²) in [7, 11) is 2.05. The highest BCUT2D eigenvalue weighted by atomic mass is 16.5. The van der Waals surface area contributed by atoms with E-state index < -0.39 is 0 Å². The minimum atomic E-state index is -0.267. The van der Waals surface area contributed by atoms with Crippen LogP contribution in [0.15, 0.2) is 30.9 Å². The third kappa shape index (κ3) is 8.65. The number of carbonyl (C=O) groups is 1. The smallest absolute Gasteiger partial charge is 0.333 e. The van der Waals surface area contributed by atoms with Crippen LogP contribution in [-0.2, 0) is 23.1 Å². The Morgan fingerprint density at radius 3 is 2.23 bits per heavy atom. The van der Waals surface area contributed by atoms with Crippen molar-refractivity contribution in [2.24, 2.45) is 7.05 Å². The molecule has 0 bridgehead atoms. The van der Waals surface area contributed by atoms with E-state index in [0.29, 0.717) is 12.2 Å². The number of nitrogens with zero attached hydrogens (tertiary/aromatic N) is 2. The molecule has 22 heavy (non-hydrogen) atoms. The van der Waals surface area contributed by atoms with Gasteiger partial charge in [0.05, 0.1) is 20.2 Å². The summed E-state index contributed by atoms with van der Waals surface area (Å²) in [6.45, 7) is 6.89. The van der Waals surface area contributed by atoms with E-state index in [9.17, 15) is 4.79 Å². The van der Waals surface area contributed by atoms with Crippen LogP contribution in [0.5, 0.6) is 0 Å². The van der Waals surface area contributed by atoms with Crippen LogP contribution >= 0.6 is 0 Å². The molecule has 0 spiro atoms. The van der Waals surface area contributed by atoms with Crippen molar-refractivity contribution in [2.75, 3.05) is 6.61 Å². The first-order valence-electron chi connectivity index (χ1n) is 8.43. The Hall–Kier alpha value is -1.58. The van der Waals surface area contributed by atoms with Crippen molar-refractivity contribution in [3.63, 3.8) is 0 Å². The van der Waals surface area contributed by atoms with Crippen LogP contribution in [-0.4, -0.2) is 17.1 Å². The van der Waals surface area contributed by atoms with E-state index in [-0.39, 0.29) is 5.97 Å². The fourth-order valence-electron chi connectivity index (χ4n) is 2.38. The van der Waals surface area contributed by atoms with Crippen molar-refractivity contribution in [2.45, 2.75) is 64.8 Å². The van der Waals surface area contributed by atoms with Gasteiger partial charge >= 0.3 is 5.97 Å². The molecule has 1 aromatic heterocycles. The lowest BCUT2D eigenvalue weighted by molar-refractivity contribution is -0.671. The molecule has 0 aliphatic carbocycles. The summed E-state index contributed by atoms with van der Waals surface area (Å²) >= 11 is 0. The molecule has 4 heteroatoms. The van der Waals surface area contributed by atoms with Gasteiger partial charge < -0.3 is 4.74 Å². The molecule has 0 N–H and O–H groups in total. The Kier molecular flexibility index (Phi) is 9.28. The molecule has 1 rings (SSSR count). The van der Waals surface area contributed by atoms with E-state index in [4.69, 9.17) is 4.74 Å². The number of rotatable bonds is 12. The quantitative estimate of drug-likeness (QED) is 0.256. The summed E-state index contributed by atoms with van der Waals surface area (Å²) in [5.41, 5.74) is 0.480. The Balaban J connectivity index is 1.82. The molecule has 0 amide bonds. The van der Waals surface area contributed by atoms with Gasteiger partial charge in [0, 0.05) is 5.57 Å². The second-order valence-electron chi connectivity index (χ2n) is 6.06. The largest absolute Gasteiger partial charge is 0.462 e. The number of imidazole rings is 1. The Morgan fingerprint density at radius 1 is 1.09 bits per heavy atom. The van der Waals surface area contributed by atoms with E-state index in [1.54, 1.807) is 6.92 Å². The van der Waals surface area contributed by atoms with Gasteiger partial charge in [0.25, 0.3) is 0 Å². The molecule has 0 saturated carbocycles. The molecular formula is C18H31N2O2+. The lowest BCUT2D eigenvalue weighted by atomic mass is 10.1. The third-order valence-electron chi connectivity index (χ3n) is 3.72. The molecular weight excluding hydrogens is 276 g/mol. The van der Waals surface area contributed by atoms with Gasteiger partial charge in [-0.25, -0.2) is 13.9 Å².